The lowest BCUT2D eigenvalue weighted by Crippen LogP contribution is -2.25. The molecule has 0 saturated heterocycles. The highest BCUT2D eigenvalue weighted by atomic mass is 35.5. The zero-order chi connectivity index (χ0) is 12.8. The van der Waals surface area contributed by atoms with Gasteiger partial charge in [-0.1, -0.05) is 25.4 Å². The maximum absolute atomic E-state index is 10.7. The van der Waals surface area contributed by atoms with Crippen molar-refractivity contribution in [1.82, 2.24) is 4.98 Å². The van der Waals surface area contributed by atoms with Crippen LogP contribution in [0.2, 0.25) is 5.15 Å². The first-order valence-electron chi connectivity index (χ1n) is 5.65. The summed E-state index contributed by atoms with van der Waals surface area (Å²) in [7, 11) is 0. The number of anilines is 1. The monoisotopic (exact) mass is 257 g/mol. The van der Waals surface area contributed by atoms with Crippen molar-refractivity contribution < 1.29 is 4.92 Å². The van der Waals surface area contributed by atoms with Gasteiger partial charge in [0.15, 0.2) is 0 Å². The summed E-state index contributed by atoms with van der Waals surface area (Å²) in [6.45, 7) is 5.75. The molecule has 0 aromatic carbocycles. The second-order valence-corrected chi connectivity index (χ2v) is 4.14. The molecule has 0 aliphatic heterocycles. The van der Waals surface area contributed by atoms with E-state index in [1.54, 1.807) is 0 Å². The predicted molar refractivity (Wildman–Crippen MR) is 68.7 cm³/mol. The molecule has 0 N–H and O–H groups in total. The van der Waals surface area contributed by atoms with Gasteiger partial charge in [-0.3, -0.25) is 10.1 Å². The largest absolute Gasteiger partial charge is 0.356 e. The Kier molecular flexibility index (Phi) is 5.15. The molecule has 0 unspecified atom stereocenters. The summed E-state index contributed by atoms with van der Waals surface area (Å²) >= 11 is 5.80. The van der Waals surface area contributed by atoms with E-state index in [4.69, 9.17) is 11.6 Å². The van der Waals surface area contributed by atoms with E-state index >= 15 is 0 Å². The minimum Gasteiger partial charge on any atom is -0.356 e. The predicted octanol–water partition coefficient (Wildman–Crippen LogP) is 3.27. The average Bonchev–Trinajstić information content (AvgIpc) is 2.28. The third kappa shape index (κ3) is 3.85. The maximum Gasteiger partial charge on any atom is 0.276 e. The Morgan fingerprint density at radius 3 is 2.41 bits per heavy atom. The highest BCUT2D eigenvalue weighted by Crippen LogP contribution is 2.23. The van der Waals surface area contributed by atoms with Crippen LogP contribution in [0.25, 0.3) is 0 Å². The second-order valence-electron chi connectivity index (χ2n) is 3.75. The van der Waals surface area contributed by atoms with Gasteiger partial charge in [0.05, 0.1) is 17.1 Å². The molecule has 94 valence electrons. The van der Waals surface area contributed by atoms with E-state index in [1.807, 2.05) is 4.90 Å². The van der Waals surface area contributed by atoms with E-state index in [-0.39, 0.29) is 10.8 Å². The highest BCUT2D eigenvalue weighted by molar-refractivity contribution is 6.29. The van der Waals surface area contributed by atoms with Crippen molar-refractivity contribution in [2.45, 2.75) is 26.7 Å². The van der Waals surface area contributed by atoms with Crippen molar-refractivity contribution in [2.75, 3.05) is 18.0 Å². The number of halogens is 1. The van der Waals surface area contributed by atoms with Crippen molar-refractivity contribution in [3.8, 4) is 0 Å². The number of rotatable bonds is 6. The Bertz CT molecular complexity index is 392. The molecule has 0 atom stereocenters. The summed E-state index contributed by atoms with van der Waals surface area (Å²) in [5.41, 5.74) is -0.0165. The molecule has 0 amide bonds. The Labute approximate surface area is 106 Å². The molecule has 0 aliphatic rings. The summed E-state index contributed by atoms with van der Waals surface area (Å²) in [4.78, 5) is 16.4. The normalized spacial score (nSPS) is 10.3. The van der Waals surface area contributed by atoms with E-state index in [0.717, 1.165) is 25.9 Å². The Morgan fingerprint density at radius 2 is 1.94 bits per heavy atom. The van der Waals surface area contributed by atoms with Crippen molar-refractivity contribution in [1.29, 1.82) is 0 Å². The van der Waals surface area contributed by atoms with Crippen molar-refractivity contribution in [3.63, 3.8) is 0 Å². The standard InChI is InChI=1S/C11H16ClN3O2/c1-3-5-14(6-4-2)11-8-9(15(16)17)7-10(12)13-11/h7-8H,3-6H2,1-2H3. The first-order chi connectivity index (χ1) is 8.08. The molecule has 0 radical (unpaired) electrons. The van der Waals surface area contributed by atoms with Crippen LogP contribution in [0.3, 0.4) is 0 Å². The van der Waals surface area contributed by atoms with Crippen molar-refractivity contribution >= 4 is 23.1 Å². The Hall–Kier alpha value is -1.36. The van der Waals surface area contributed by atoms with Gasteiger partial charge in [-0.2, -0.15) is 0 Å². The quantitative estimate of drug-likeness (QED) is 0.446. The van der Waals surface area contributed by atoms with E-state index in [9.17, 15) is 10.1 Å². The minimum absolute atomic E-state index is 0.0165. The van der Waals surface area contributed by atoms with Gasteiger partial charge in [-0.05, 0) is 12.8 Å². The number of nitro groups is 1. The fourth-order valence-electron chi connectivity index (χ4n) is 1.62. The molecule has 0 fully saturated rings. The molecule has 6 heteroatoms. The number of pyridine rings is 1. The second kappa shape index (κ2) is 6.39. The molecular weight excluding hydrogens is 242 g/mol. The number of hydrogen-bond donors (Lipinski definition) is 0. The van der Waals surface area contributed by atoms with Gasteiger partial charge < -0.3 is 4.90 Å². The van der Waals surface area contributed by atoms with Crippen LogP contribution in [-0.4, -0.2) is 23.0 Å². The van der Waals surface area contributed by atoms with Gasteiger partial charge >= 0.3 is 0 Å². The molecule has 1 rings (SSSR count). The third-order valence-electron chi connectivity index (χ3n) is 2.29. The lowest BCUT2D eigenvalue weighted by atomic mass is 10.3. The SMILES string of the molecule is CCCN(CCC)c1cc([N+](=O)[O-])cc(Cl)n1. The van der Waals surface area contributed by atoms with Crippen LogP contribution in [0.4, 0.5) is 11.5 Å². The zero-order valence-corrected chi connectivity index (χ0v) is 10.8. The van der Waals surface area contributed by atoms with E-state index < -0.39 is 4.92 Å². The van der Waals surface area contributed by atoms with E-state index in [2.05, 4.69) is 18.8 Å². The molecule has 1 aromatic rings. The lowest BCUT2D eigenvalue weighted by Gasteiger charge is -2.22. The number of nitrogens with zero attached hydrogens (tertiary/aromatic N) is 3. The van der Waals surface area contributed by atoms with Gasteiger partial charge in [0.25, 0.3) is 5.69 Å². The first-order valence-corrected chi connectivity index (χ1v) is 6.03. The van der Waals surface area contributed by atoms with Crippen LogP contribution in [-0.2, 0) is 0 Å². The Morgan fingerprint density at radius 1 is 1.35 bits per heavy atom. The lowest BCUT2D eigenvalue weighted by molar-refractivity contribution is -0.384. The first kappa shape index (κ1) is 13.7. The van der Waals surface area contributed by atoms with Crippen molar-refractivity contribution in [3.05, 3.63) is 27.4 Å². The van der Waals surface area contributed by atoms with Crippen molar-refractivity contribution in [2.24, 2.45) is 0 Å². The van der Waals surface area contributed by atoms with Gasteiger partial charge in [0.2, 0.25) is 0 Å². The molecule has 0 bridgehead atoms. The van der Waals surface area contributed by atoms with Crippen LogP contribution >= 0.6 is 11.6 Å². The summed E-state index contributed by atoms with van der Waals surface area (Å²) in [6.07, 6.45) is 1.92. The van der Waals surface area contributed by atoms with Gasteiger partial charge in [-0.15, -0.1) is 0 Å². The smallest absolute Gasteiger partial charge is 0.276 e. The molecule has 1 heterocycles. The average molecular weight is 258 g/mol. The number of hydrogen-bond acceptors (Lipinski definition) is 4. The zero-order valence-electron chi connectivity index (χ0n) is 10.0. The topological polar surface area (TPSA) is 59.3 Å². The molecule has 0 saturated carbocycles. The third-order valence-corrected chi connectivity index (χ3v) is 2.48. The molecule has 17 heavy (non-hydrogen) atoms. The molecule has 0 spiro atoms. The minimum atomic E-state index is -0.451. The molecular formula is C11H16ClN3O2. The summed E-state index contributed by atoms with van der Waals surface area (Å²) in [5.74, 6) is 0.577. The van der Waals surface area contributed by atoms with Crippen LogP contribution in [0.15, 0.2) is 12.1 Å². The molecule has 0 aliphatic carbocycles. The van der Waals surface area contributed by atoms with Crippen LogP contribution < -0.4 is 4.90 Å². The van der Waals surface area contributed by atoms with Crippen LogP contribution in [0.5, 0.6) is 0 Å². The maximum atomic E-state index is 10.7. The number of aromatic nitrogens is 1. The highest BCUT2D eigenvalue weighted by Gasteiger charge is 2.14. The fraction of sp³-hybridized carbons (Fsp3) is 0.545. The van der Waals surface area contributed by atoms with Gasteiger partial charge in [0.1, 0.15) is 11.0 Å². The summed E-state index contributed by atoms with van der Waals surface area (Å²) in [6, 6.07) is 2.73. The van der Waals surface area contributed by atoms with Crippen LogP contribution in [0, 0.1) is 10.1 Å². The molecule has 1 aromatic heterocycles. The fourth-order valence-corrected chi connectivity index (χ4v) is 1.82. The Balaban J connectivity index is 3.04. The summed E-state index contributed by atoms with van der Waals surface area (Å²) in [5, 5.41) is 10.9. The van der Waals surface area contributed by atoms with Gasteiger partial charge in [0, 0.05) is 13.1 Å². The molecule has 5 nitrogen and oxygen atoms in total. The van der Waals surface area contributed by atoms with E-state index in [1.165, 1.54) is 12.1 Å². The summed E-state index contributed by atoms with van der Waals surface area (Å²) < 4.78 is 0. The van der Waals surface area contributed by atoms with E-state index in [0.29, 0.717) is 5.82 Å². The van der Waals surface area contributed by atoms with Gasteiger partial charge in [-0.25, -0.2) is 4.98 Å². The van der Waals surface area contributed by atoms with Crippen LogP contribution in [0.1, 0.15) is 26.7 Å².